The third kappa shape index (κ3) is 6.83. The average Bonchev–Trinajstić information content (AvgIpc) is 2.82. The van der Waals surface area contributed by atoms with Crippen molar-refractivity contribution in [1.82, 2.24) is 0 Å². The Bertz CT molecular complexity index is 1300. The predicted molar refractivity (Wildman–Crippen MR) is 125 cm³/mol. The summed E-state index contributed by atoms with van der Waals surface area (Å²) in [7, 11) is 1.41. The van der Waals surface area contributed by atoms with E-state index in [-0.39, 0.29) is 23.7 Å². The number of hydrogen-bond acceptors (Lipinski definition) is 4. The lowest BCUT2D eigenvalue weighted by molar-refractivity contribution is -0.137. The Hall–Kier alpha value is -3.84. The van der Waals surface area contributed by atoms with Crippen molar-refractivity contribution in [3.05, 3.63) is 93.2 Å². The van der Waals surface area contributed by atoms with Crippen LogP contribution in [0.4, 0.5) is 23.2 Å². The molecule has 0 radical (unpaired) electrons. The molecule has 3 rings (SSSR count). The molecule has 3 aromatic carbocycles. The number of nitriles is 1. The van der Waals surface area contributed by atoms with Crippen molar-refractivity contribution in [2.24, 2.45) is 0 Å². The first kappa shape index (κ1) is 25.8. The lowest BCUT2D eigenvalue weighted by atomic mass is 10.1. The van der Waals surface area contributed by atoms with Crippen molar-refractivity contribution in [3.63, 3.8) is 0 Å². The lowest BCUT2D eigenvalue weighted by Crippen LogP contribution is -2.14. The Morgan fingerprint density at radius 2 is 1.86 bits per heavy atom. The minimum Gasteiger partial charge on any atom is -0.493 e. The van der Waals surface area contributed by atoms with Crippen molar-refractivity contribution in [2.45, 2.75) is 12.8 Å². The molecule has 0 bridgehead atoms. The van der Waals surface area contributed by atoms with Gasteiger partial charge in [-0.2, -0.15) is 18.4 Å². The number of halogens is 5. The summed E-state index contributed by atoms with van der Waals surface area (Å²) < 4.78 is 63.4. The highest BCUT2D eigenvalue weighted by molar-refractivity contribution is 9.10. The molecule has 0 spiro atoms. The van der Waals surface area contributed by atoms with Crippen LogP contribution in [-0.4, -0.2) is 13.0 Å². The molecule has 180 valence electrons. The van der Waals surface area contributed by atoms with Crippen molar-refractivity contribution in [1.29, 1.82) is 5.26 Å². The van der Waals surface area contributed by atoms with Crippen molar-refractivity contribution < 1.29 is 31.8 Å². The summed E-state index contributed by atoms with van der Waals surface area (Å²) in [6.45, 7) is 0.132. The first-order valence-electron chi connectivity index (χ1n) is 9.96. The van der Waals surface area contributed by atoms with E-state index in [0.29, 0.717) is 21.5 Å². The molecular weight excluding hydrogens is 532 g/mol. The Kier molecular flexibility index (Phi) is 8.14. The number of hydrogen-bond donors (Lipinski definition) is 1. The normalized spacial score (nSPS) is 11.5. The molecule has 0 atom stereocenters. The second-order valence-electron chi connectivity index (χ2n) is 7.15. The topological polar surface area (TPSA) is 71.3 Å². The van der Waals surface area contributed by atoms with Crippen LogP contribution in [0.1, 0.15) is 16.7 Å². The van der Waals surface area contributed by atoms with E-state index in [0.717, 1.165) is 23.8 Å². The summed E-state index contributed by atoms with van der Waals surface area (Å²) in [4.78, 5) is 12.5. The van der Waals surface area contributed by atoms with Crippen LogP contribution >= 0.6 is 15.9 Å². The zero-order valence-corrected chi connectivity index (χ0v) is 19.7. The maximum atomic E-state index is 13.1. The fourth-order valence-electron chi connectivity index (χ4n) is 2.99. The second-order valence-corrected chi connectivity index (χ2v) is 8.01. The first-order valence-corrected chi connectivity index (χ1v) is 10.7. The van der Waals surface area contributed by atoms with E-state index >= 15 is 0 Å². The lowest BCUT2D eigenvalue weighted by Gasteiger charge is -2.14. The van der Waals surface area contributed by atoms with Crippen molar-refractivity contribution in [2.75, 3.05) is 12.4 Å². The molecule has 5 nitrogen and oxygen atoms in total. The number of nitrogens with one attached hydrogen (secondary N) is 1. The Morgan fingerprint density at radius 1 is 1.14 bits per heavy atom. The van der Waals surface area contributed by atoms with Gasteiger partial charge in [-0.25, -0.2) is 4.39 Å². The number of carbonyl (C=O) groups excluding carboxylic acids is 1. The molecule has 0 aliphatic carbocycles. The number of nitrogens with zero attached hydrogens (tertiary/aromatic N) is 1. The fourth-order valence-corrected chi connectivity index (χ4v) is 3.56. The minimum absolute atomic E-state index is 0.103. The quantitative estimate of drug-likeness (QED) is 0.201. The molecule has 0 saturated carbocycles. The zero-order chi connectivity index (χ0) is 25.6. The van der Waals surface area contributed by atoms with Gasteiger partial charge in [0.1, 0.15) is 24.1 Å². The van der Waals surface area contributed by atoms with Crippen LogP contribution < -0.4 is 14.8 Å². The molecule has 3 aromatic rings. The van der Waals surface area contributed by atoms with Gasteiger partial charge in [-0.1, -0.05) is 18.2 Å². The number of methoxy groups -OCH3 is 1. The monoisotopic (exact) mass is 548 g/mol. The number of benzene rings is 3. The highest BCUT2D eigenvalue weighted by atomic mass is 79.9. The van der Waals surface area contributed by atoms with Gasteiger partial charge in [0.05, 0.1) is 17.1 Å². The molecule has 0 fully saturated rings. The molecule has 10 heteroatoms. The molecule has 0 aliphatic heterocycles. The maximum Gasteiger partial charge on any atom is 0.416 e. The Morgan fingerprint density at radius 3 is 2.49 bits per heavy atom. The van der Waals surface area contributed by atoms with Gasteiger partial charge in [-0.15, -0.1) is 0 Å². The number of alkyl halides is 3. The molecule has 0 heterocycles. The van der Waals surface area contributed by atoms with Gasteiger partial charge in [0.15, 0.2) is 11.5 Å². The highest BCUT2D eigenvalue weighted by Gasteiger charge is 2.30. The SMILES string of the molecule is COc1cc(/C=C(\C#N)C(=O)Nc2cccc(C(F)(F)F)c2)cc(Br)c1OCc1ccc(F)cc1. The summed E-state index contributed by atoms with van der Waals surface area (Å²) in [5, 5.41) is 11.7. The molecule has 35 heavy (non-hydrogen) atoms. The van der Waals surface area contributed by atoms with Gasteiger partial charge in [0.2, 0.25) is 0 Å². The second kappa shape index (κ2) is 11.1. The largest absolute Gasteiger partial charge is 0.493 e. The minimum atomic E-state index is -4.57. The molecule has 0 saturated heterocycles. The van der Waals surface area contributed by atoms with Crippen LogP contribution in [-0.2, 0) is 17.6 Å². The van der Waals surface area contributed by atoms with Crippen LogP contribution in [0.25, 0.3) is 6.08 Å². The fraction of sp³-hybridized carbons (Fsp3) is 0.120. The average molecular weight is 549 g/mol. The molecule has 0 aliphatic rings. The van der Waals surface area contributed by atoms with Gasteiger partial charge < -0.3 is 14.8 Å². The van der Waals surface area contributed by atoms with Gasteiger partial charge >= 0.3 is 6.18 Å². The van der Waals surface area contributed by atoms with Gasteiger partial charge in [0, 0.05) is 5.69 Å². The molecule has 0 aromatic heterocycles. The standard InChI is InChI=1S/C25H17BrF4N2O3/c1-34-22-11-16(10-21(26)23(22)35-14-15-5-7-19(27)8-6-15)9-17(13-31)24(33)32-20-4-2-3-18(12-20)25(28,29)30/h2-12H,14H2,1H3,(H,32,33)/b17-9+. The van der Waals surface area contributed by atoms with Gasteiger partial charge in [0.25, 0.3) is 5.91 Å². The number of anilines is 1. The number of rotatable bonds is 7. The van der Waals surface area contributed by atoms with E-state index < -0.39 is 17.6 Å². The summed E-state index contributed by atoms with van der Waals surface area (Å²) in [6.07, 6.45) is -3.31. The third-order valence-corrected chi connectivity index (χ3v) is 5.26. The molecular formula is C25H17BrF4N2O3. The number of ether oxygens (including phenoxy) is 2. The van der Waals surface area contributed by atoms with Crippen LogP contribution in [0.2, 0.25) is 0 Å². The van der Waals surface area contributed by atoms with Crippen LogP contribution in [0.15, 0.2) is 70.7 Å². The first-order chi connectivity index (χ1) is 16.6. The van der Waals surface area contributed by atoms with Crippen LogP contribution in [0.5, 0.6) is 11.5 Å². The van der Waals surface area contributed by atoms with E-state index in [4.69, 9.17) is 9.47 Å². The zero-order valence-electron chi connectivity index (χ0n) is 18.1. The maximum absolute atomic E-state index is 13.1. The number of amides is 1. The third-order valence-electron chi connectivity index (χ3n) is 4.67. The van der Waals surface area contributed by atoms with Crippen molar-refractivity contribution >= 4 is 33.6 Å². The molecule has 1 N–H and O–H groups in total. The smallest absolute Gasteiger partial charge is 0.416 e. The van der Waals surface area contributed by atoms with Crippen LogP contribution in [0, 0.1) is 17.1 Å². The van der Waals surface area contributed by atoms with Crippen molar-refractivity contribution in [3.8, 4) is 17.6 Å². The summed E-state index contributed by atoms with van der Waals surface area (Å²) >= 11 is 3.37. The van der Waals surface area contributed by atoms with E-state index in [9.17, 15) is 27.6 Å². The Balaban J connectivity index is 1.81. The van der Waals surface area contributed by atoms with Gasteiger partial charge in [-0.05, 0) is 75.6 Å². The van der Waals surface area contributed by atoms with E-state index in [1.54, 1.807) is 24.3 Å². The van der Waals surface area contributed by atoms with Crippen LogP contribution in [0.3, 0.4) is 0 Å². The summed E-state index contributed by atoms with van der Waals surface area (Å²) in [6, 6.07) is 14.7. The van der Waals surface area contributed by atoms with E-state index in [1.807, 2.05) is 0 Å². The molecule has 1 amide bonds. The van der Waals surface area contributed by atoms with E-state index in [2.05, 4.69) is 21.2 Å². The summed E-state index contributed by atoms with van der Waals surface area (Å²) in [5.74, 6) is -0.600. The highest BCUT2D eigenvalue weighted by Crippen LogP contribution is 2.38. The summed E-state index contributed by atoms with van der Waals surface area (Å²) in [5.41, 5.74) is -0.241. The van der Waals surface area contributed by atoms with E-state index in [1.165, 1.54) is 37.5 Å². The predicted octanol–water partition coefficient (Wildman–Crippen LogP) is 6.74. The number of carbonyl (C=O) groups is 1. The molecule has 0 unspecified atom stereocenters. The Labute approximate surface area is 206 Å². The van der Waals surface area contributed by atoms with Gasteiger partial charge in [-0.3, -0.25) is 4.79 Å².